The average molecular weight is 283 g/mol. The molecule has 0 fully saturated rings. The fraction of sp³-hybridized carbons (Fsp3) is 0. The molecule has 98 valence electrons. The van der Waals surface area contributed by atoms with Crippen LogP contribution >= 0.6 is 11.6 Å². The summed E-state index contributed by atoms with van der Waals surface area (Å²) in [6.45, 7) is 0. The molecule has 0 heterocycles. The van der Waals surface area contributed by atoms with Crippen molar-refractivity contribution in [3.8, 4) is 6.07 Å². The summed E-state index contributed by atoms with van der Waals surface area (Å²) in [7, 11) is 0. The predicted octanol–water partition coefficient (Wildman–Crippen LogP) is 2.77. The van der Waals surface area contributed by atoms with Crippen molar-refractivity contribution in [2.75, 3.05) is 0 Å². The van der Waals surface area contributed by atoms with Gasteiger partial charge in [0.2, 0.25) is 0 Å². The normalized spacial score (nSPS) is 10.9. The number of hydrogen-bond acceptors (Lipinski definition) is 3. The summed E-state index contributed by atoms with van der Waals surface area (Å²) in [5.74, 6) is -1.31. The van der Waals surface area contributed by atoms with Crippen LogP contribution in [0.4, 0.5) is 0 Å². The molecule has 0 N–H and O–H groups in total. The summed E-state index contributed by atoms with van der Waals surface area (Å²) in [6.07, 6.45) is 1.61. The standard InChI is InChI=1S/C16H10ClNO2/c17-13-7-5-11(6-8-13)9-12(10-18)14-3-1-2-4-15(14)16(19)20/h1-9H,(H,19,20)/p-1/b12-9+. The second-order valence-electron chi connectivity index (χ2n) is 4.05. The van der Waals surface area contributed by atoms with Gasteiger partial charge in [0.05, 0.1) is 17.6 Å². The molecule has 2 aromatic rings. The van der Waals surface area contributed by atoms with Crippen LogP contribution in [0.15, 0.2) is 48.5 Å². The number of carbonyl (C=O) groups is 1. The number of carboxylic acid groups (broad SMARTS) is 1. The molecule has 0 aliphatic heterocycles. The van der Waals surface area contributed by atoms with Crippen LogP contribution in [0.3, 0.4) is 0 Å². The van der Waals surface area contributed by atoms with Gasteiger partial charge < -0.3 is 9.90 Å². The van der Waals surface area contributed by atoms with Gasteiger partial charge in [-0.3, -0.25) is 0 Å². The fourth-order valence-corrected chi connectivity index (χ4v) is 1.92. The van der Waals surface area contributed by atoms with Crippen molar-refractivity contribution >= 4 is 29.2 Å². The summed E-state index contributed by atoms with van der Waals surface area (Å²) < 4.78 is 0. The molecule has 0 aliphatic rings. The molecular formula is C16H9ClNO2-. The minimum atomic E-state index is -1.31. The van der Waals surface area contributed by atoms with Crippen LogP contribution in [-0.4, -0.2) is 5.97 Å². The van der Waals surface area contributed by atoms with E-state index in [9.17, 15) is 15.2 Å². The van der Waals surface area contributed by atoms with Gasteiger partial charge in [0.15, 0.2) is 0 Å². The lowest BCUT2D eigenvalue weighted by atomic mass is 9.98. The van der Waals surface area contributed by atoms with E-state index in [1.807, 2.05) is 6.07 Å². The SMILES string of the molecule is N#C/C(=C\c1ccc(Cl)cc1)c1ccccc1C(=O)[O-]. The summed E-state index contributed by atoms with van der Waals surface area (Å²) >= 11 is 5.79. The van der Waals surface area contributed by atoms with E-state index in [-0.39, 0.29) is 11.1 Å². The lowest BCUT2D eigenvalue weighted by Gasteiger charge is -2.09. The van der Waals surface area contributed by atoms with Crippen molar-refractivity contribution in [2.24, 2.45) is 0 Å². The van der Waals surface area contributed by atoms with E-state index in [1.165, 1.54) is 6.07 Å². The topological polar surface area (TPSA) is 63.9 Å². The Labute approximate surface area is 121 Å². The number of allylic oxidation sites excluding steroid dienone is 1. The molecule has 2 rings (SSSR count). The number of carbonyl (C=O) groups excluding carboxylic acids is 1. The monoisotopic (exact) mass is 282 g/mol. The number of aromatic carboxylic acids is 1. The van der Waals surface area contributed by atoms with Gasteiger partial charge in [-0.15, -0.1) is 0 Å². The lowest BCUT2D eigenvalue weighted by Crippen LogP contribution is -2.23. The van der Waals surface area contributed by atoms with Crippen LogP contribution < -0.4 is 5.11 Å². The van der Waals surface area contributed by atoms with Crippen LogP contribution in [0, 0.1) is 11.3 Å². The highest BCUT2D eigenvalue weighted by Crippen LogP contribution is 2.22. The average Bonchev–Trinajstić information content (AvgIpc) is 2.46. The Morgan fingerprint density at radius 2 is 1.70 bits per heavy atom. The lowest BCUT2D eigenvalue weighted by molar-refractivity contribution is -0.255. The van der Waals surface area contributed by atoms with Gasteiger partial charge in [-0.05, 0) is 23.8 Å². The van der Waals surface area contributed by atoms with Crippen LogP contribution in [0.5, 0.6) is 0 Å². The first kappa shape index (κ1) is 13.9. The molecular weight excluding hydrogens is 274 g/mol. The number of benzene rings is 2. The molecule has 0 aromatic heterocycles. The van der Waals surface area contributed by atoms with Crippen LogP contribution in [0.1, 0.15) is 21.5 Å². The molecule has 0 bridgehead atoms. The Morgan fingerprint density at radius 3 is 2.25 bits per heavy atom. The van der Waals surface area contributed by atoms with Gasteiger partial charge >= 0.3 is 0 Å². The molecule has 0 amide bonds. The van der Waals surface area contributed by atoms with Crippen molar-refractivity contribution in [1.82, 2.24) is 0 Å². The zero-order chi connectivity index (χ0) is 14.5. The maximum absolute atomic E-state index is 11.1. The van der Waals surface area contributed by atoms with Crippen molar-refractivity contribution in [3.05, 3.63) is 70.2 Å². The summed E-state index contributed by atoms with van der Waals surface area (Å²) in [4.78, 5) is 11.1. The minimum Gasteiger partial charge on any atom is -0.545 e. The first-order chi connectivity index (χ1) is 9.61. The third-order valence-electron chi connectivity index (χ3n) is 2.74. The van der Waals surface area contributed by atoms with E-state index >= 15 is 0 Å². The zero-order valence-electron chi connectivity index (χ0n) is 10.3. The number of carboxylic acids is 1. The number of hydrogen-bond donors (Lipinski definition) is 0. The highest BCUT2D eigenvalue weighted by atomic mass is 35.5. The van der Waals surface area contributed by atoms with Gasteiger partial charge in [-0.2, -0.15) is 5.26 Å². The molecule has 0 saturated heterocycles. The Balaban J connectivity index is 2.51. The van der Waals surface area contributed by atoms with E-state index in [0.29, 0.717) is 10.6 Å². The van der Waals surface area contributed by atoms with E-state index < -0.39 is 5.97 Å². The zero-order valence-corrected chi connectivity index (χ0v) is 11.1. The van der Waals surface area contributed by atoms with Crippen molar-refractivity contribution in [1.29, 1.82) is 5.26 Å². The highest BCUT2D eigenvalue weighted by Gasteiger charge is 2.07. The van der Waals surface area contributed by atoms with Crippen LogP contribution in [0.2, 0.25) is 5.02 Å². The number of nitrogens with zero attached hydrogens (tertiary/aromatic N) is 1. The van der Waals surface area contributed by atoms with Gasteiger partial charge in [-0.25, -0.2) is 0 Å². The van der Waals surface area contributed by atoms with Crippen molar-refractivity contribution < 1.29 is 9.90 Å². The molecule has 0 aliphatic carbocycles. The summed E-state index contributed by atoms with van der Waals surface area (Å²) in [6, 6.07) is 15.2. The number of rotatable bonds is 3. The fourth-order valence-electron chi connectivity index (χ4n) is 1.79. The molecule has 0 saturated carbocycles. The second kappa shape index (κ2) is 6.05. The van der Waals surface area contributed by atoms with Crippen LogP contribution in [-0.2, 0) is 0 Å². The largest absolute Gasteiger partial charge is 0.545 e. The van der Waals surface area contributed by atoms with E-state index in [0.717, 1.165) is 5.56 Å². The first-order valence-electron chi connectivity index (χ1n) is 5.80. The van der Waals surface area contributed by atoms with Gasteiger partial charge in [0.25, 0.3) is 0 Å². The van der Waals surface area contributed by atoms with E-state index in [1.54, 1.807) is 48.5 Å². The molecule has 0 spiro atoms. The number of nitriles is 1. The maximum atomic E-state index is 11.1. The Kier molecular flexibility index (Phi) is 4.19. The molecule has 0 atom stereocenters. The molecule has 20 heavy (non-hydrogen) atoms. The van der Waals surface area contributed by atoms with E-state index in [4.69, 9.17) is 11.6 Å². The van der Waals surface area contributed by atoms with Gasteiger partial charge in [0, 0.05) is 16.1 Å². The molecule has 4 heteroatoms. The Hall–Kier alpha value is -2.57. The van der Waals surface area contributed by atoms with E-state index in [2.05, 4.69) is 0 Å². The third-order valence-corrected chi connectivity index (χ3v) is 2.99. The summed E-state index contributed by atoms with van der Waals surface area (Å²) in [5, 5.41) is 20.9. The second-order valence-corrected chi connectivity index (χ2v) is 4.49. The minimum absolute atomic E-state index is 0.00531. The first-order valence-corrected chi connectivity index (χ1v) is 6.17. The smallest absolute Gasteiger partial charge is 0.0998 e. The van der Waals surface area contributed by atoms with Crippen molar-refractivity contribution in [2.45, 2.75) is 0 Å². The van der Waals surface area contributed by atoms with Gasteiger partial charge in [-0.1, -0.05) is 48.0 Å². The predicted molar refractivity (Wildman–Crippen MR) is 75.7 cm³/mol. The Morgan fingerprint density at radius 1 is 1.10 bits per heavy atom. The maximum Gasteiger partial charge on any atom is 0.0998 e. The molecule has 0 radical (unpaired) electrons. The molecule has 0 unspecified atom stereocenters. The summed E-state index contributed by atoms with van der Waals surface area (Å²) in [5.41, 5.74) is 1.35. The Bertz CT molecular complexity index is 712. The molecule has 2 aromatic carbocycles. The van der Waals surface area contributed by atoms with Crippen LogP contribution in [0.25, 0.3) is 11.6 Å². The number of halogens is 1. The third kappa shape index (κ3) is 3.05. The quantitative estimate of drug-likeness (QED) is 0.642. The molecule has 3 nitrogen and oxygen atoms in total. The van der Waals surface area contributed by atoms with Crippen molar-refractivity contribution in [3.63, 3.8) is 0 Å². The highest BCUT2D eigenvalue weighted by molar-refractivity contribution is 6.30. The van der Waals surface area contributed by atoms with Gasteiger partial charge in [0.1, 0.15) is 0 Å².